The molecule has 1 fully saturated rings. The van der Waals surface area contributed by atoms with Crippen molar-refractivity contribution in [3.05, 3.63) is 29.8 Å². The van der Waals surface area contributed by atoms with Crippen molar-refractivity contribution in [1.29, 1.82) is 0 Å². The number of phenols is 1. The highest BCUT2D eigenvalue weighted by Gasteiger charge is 2.18. The third kappa shape index (κ3) is 4.39. The van der Waals surface area contributed by atoms with Crippen LogP contribution in [0.3, 0.4) is 0 Å². The highest BCUT2D eigenvalue weighted by Crippen LogP contribution is 2.13. The number of amides is 1. The topological polar surface area (TPSA) is 43.8 Å². The highest BCUT2D eigenvalue weighted by atomic mass is 35.5. The van der Waals surface area contributed by atoms with Gasteiger partial charge in [0.2, 0.25) is 5.91 Å². The summed E-state index contributed by atoms with van der Waals surface area (Å²) in [5.74, 6) is 0.972. The van der Waals surface area contributed by atoms with E-state index in [1.165, 1.54) is 0 Å². The van der Waals surface area contributed by atoms with Crippen LogP contribution in [0, 0.1) is 0 Å². The predicted molar refractivity (Wildman–Crippen MR) is 80.2 cm³/mol. The van der Waals surface area contributed by atoms with Gasteiger partial charge in [0.15, 0.2) is 0 Å². The van der Waals surface area contributed by atoms with Gasteiger partial charge in [-0.1, -0.05) is 12.1 Å². The Bertz CT molecular complexity index is 453. The fraction of sp³-hybridized carbons (Fsp3) is 0.533. The van der Waals surface area contributed by atoms with Crippen molar-refractivity contribution in [2.24, 2.45) is 0 Å². The van der Waals surface area contributed by atoms with Crippen molar-refractivity contribution in [2.45, 2.75) is 12.8 Å². The van der Waals surface area contributed by atoms with E-state index in [1.807, 2.05) is 11.0 Å². The van der Waals surface area contributed by atoms with Gasteiger partial charge in [-0.15, -0.1) is 11.6 Å². The number of halogens is 1. The van der Waals surface area contributed by atoms with Crippen LogP contribution >= 0.6 is 11.6 Å². The van der Waals surface area contributed by atoms with E-state index in [4.69, 9.17) is 11.6 Å². The number of nitrogens with zero attached hydrogens (tertiary/aromatic N) is 2. The Labute approximate surface area is 124 Å². The summed E-state index contributed by atoms with van der Waals surface area (Å²) in [7, 11) is 0. The minimum atomic E-state index is 0.128. The van der Waals surface area contributed by atoms with Gasteiger partial charge in [-0.25, -0.2) is 0 Å². The zero-order chi connectivity index (χ0) is 14.4. The minimum Gasteiger partial charge on any atom is -0.508 e. The molecular formula is C15H21ClN2O2. The fourth-order valence-corrected chi connectivity index (χ4v) is 2.76. The van der Waals surface area contributed by atoms with Crippen LogP contribution in [0.25, 0.3) is 0 Å². The molecule has 1 aromatic carbocycles. The van der Waals surface area contributed by atoms with E-state index in [0.717, 1.165) is 44.7 Å². The number of alkyl halides is 1. The summed E-state index contributed by atoms with van der Waals surface area (Å²) < 4.78 is 0. The molecule has 5 heteroatoms. The van der Waals surface area contributed by atoms with Gasteiger partial charge in [-0.05, 0) is 30.7 Å². The second-order valence-corrected chi connectivity index (χ2v) is 5.49. The third-order valence-corrected chi connectivity index (χ3v) is 3.78. The molecule has 0 bridgehead atoms. The smallest absolute Gasteiger partial charge is 0.227 e. The molecule has 1 aliphatic heterocycles. The van der Waals surface area contributed by atoms with Crippen molar-refractivity contribution in [3.63, 3.8) is 0 Å². The van der Waals surface area contributed by atoms with E-state index in [9.17, 15) is 9.90 Å². The molecule has 1 saturated heterocycles. The molecule has 20 heavy (non-hydrogen) atoms. The molecule has 110 valence electrons. The lowest BCUT2D eigenvalue weighted by Crippen LogP contribution is -2.36. The molecule has 0 radical (unpaired) electrons. The molecule has 0 spiro atoms. The minimum absolute atomic E-state index is 0.128. The Morgan fingerprint density at radius 2 is 2.10 bits per heavy atom. The van der Waals surface area contributed by atoms with Gasteiger partial charge in [0.25, 0.3) is 0 Å². The Morgan fingerprint density at radius 3 is 2.85 bits per heavy atom. The first kappa shape index (κ1) is 15.1. The van der Waals surface area contributed by atoms with Crippen molar-refractivity contribution >= 4 is 17.5 Å². The van der Waals surface area contributed by atoms with E-state index in [0.29, 0.717) is 12.3 Å². The fourth-order valence-electron chi connectivity index (χ4n) is 2.52. The molecule has 0 atom stereocenters. The SMILES string of the molecule is O=C(Cc1cccc(O)c1)N1CCCN(CCCl)CC1. The highest BCUT2D eigenvalue weighted by molar-refractivity contribution is 6.18. The standard InChI is InChI=1S/C15H21ClN2O2/c16-5-8-17-6-2-7-18(10-9-17)15(20)12-13-3-1-4-14(19)11-13/h1,3-4,11,19H,2,5-10,12H2. The number of aromatic hydroxyl groups is 1. The Hall–Kier alpha value is -1.26. The number of phenolic OH excluding ortho intramolecular Hbond substituents is 1. The Balaban J connectivity index is 1.89. The zero-order valence-corrected chi connectivity index (χ0v) is 12.4. The summed E-state index contributed by atoms with van der Waals surface area (Å²) in [4.78, 5) is 16.5. The molecule has 1 amide bonds. The molecule has 0 saturated carbocycles. The number of carbonyl (C=O) groups is 1. The summed E-state index contributed by atoms with van der Waals surface area (Å²) in [6, 6.07) is 6.90. The number of hydrogen-bond donors (Lipinski definition) is 1. The van der Waals surface area contributed by atoms with Crippen LogP contribution < -0.4 is 0 Å². The Kier molecular flexibility index (Phi) is 5.68. The van der Waals surface area contributed by atoms with Gasteiger partial charge in [0.05, 0.1) is 6.42 Å². The number of rotatable bonds is 4. The lowest BCUT2D eigenvalue weighted by molar-refractivity contribution is -0.130. The van der Waals surface area contributed by atoms with Gasteiger partial charge >= 0.3 is 0 Å². The average Bonchev–Trinajstić information content (AvgIpc) is 2.65. The molecule has 0 unspecified atom stereocenters. The van der Waals surface area contributed by atoms with Crippen molar-refractivity contribution < 1.29 is 9.90 Å². The summed E-state index contributed by atoms with van der Waals surface area (Å²) in [5, 5.41) is 9.43. The maximum atomic E-state index is 12.3. The maximum Gasteiger partial charge on any atom is 0.227 e. The second-order valence-electron chi connectivity index (χ2n) is 5.11. The van der Waals surface area contributed by atoms with Crippen LogP contribution in [0.1, 0.15) is 12.0 Å². The average molecular weight is 297 g/mol. The molecule has 1 heterocycles. The van der Waals surface area contributed by atoms with Crippen LogP contribution in [-0.2, 0) is 11.2 Å². The first-order valence-electron chi connectivity index (χ1n) is 7.03. The van der Waals surface area contributed by atoms with E-state index in [-0.39, 0.29) is 11.7 Å². The molecule has 1 N–H and O–H groups in total. The molecule has 0 aromatic heterocycles. The summed E-state index contributed by atoms with van der Waals surface area (Å²) >= 11 is 5.76. The lowest BCUT2D eigenvalue weighted by atomic mass is 10.1. The first-order valence-corrected chi connectivity index (χ1v) is 7.56. The van der Waals surface area contributed by atoms with E-state index < -0.39 is 0 Å². The van der Waals surface area contributed by atoms with Crippen molar-refractivity contribution in [2.75, 3.05) is 38.6 Å². The number of benzene rings is 1. The Morgan fingerprint density at radius 1 is 1.25 bits per heavy atom. The van der Waals surface area contributed by atoms with Crippen LogP contribution in [-0.4, -0.2) is 59.4 Å². The summed E-state index contributed by atoms with van der Waals surface area (Å²) in [6.07, 6.45) is 1.34. The van der Waals surface area contributed by atoms with Crippen LogP contribution in [0.4, 0.5) is 0 Å². The second kappa shape index (κ2) is 7.50. The maximum absolute atomic E-state index is 12.3. The first-order chi connectivity index (χ1) is 9.69. The molecular weight excluding hydrogens is 276 g/mol. The van der Waals surface area contributed by atoms with E-state index in [1.54, 1.807) is 18.2 Å². The van der Waals surface area contributed by atoms with Crippen LogP contribution in [0.15, 0.2) is 24.3 Å². The summed E-state index contributed by atoms with van der Waals surface area (Å²) in [5.41, 5.74) is 0.858. The van der Waals surface area contributed by atoms with Gasteiger partial charge in [-0.2, -0.15) is 0 Å². The normalized spacial score (nSPS) is 16.9. The van der Waals surface area contributed by atoms with E-state index >= 15 is 0 Å². The number of carbonyl (C=O) groups excluding carboxylic acids is 1. The van der Waals surface area contributed by atoms with Gasteiger partial charge < -0.3 is 14.9 Å². The van der Waals surface area contributed by atoms with Gasteiger partial charge in [-0.3, -0.25) is 4.79 Å². The van der Waals surface area contributed by atoms with E-state index in [2.05, 4.69) is 4.90 Å². The van der Waals surface area contributed by atoms with Crippen LogP contribution in [0.2, 0.25) is 0 Å². The molecule has 1 aliphatic rings. The van der Waals surface area contributed by atoms with Gasteiger partial charge in [0.1, 0.15) is 5.75 Å². The number of hydrogen-bond acceptors (Lipinski definition) is 3. The molecule has 1 aromatic rings. The summed E-state index contributed by atoms with van der Waals surface area (Å²) in [6.45, 7) is 4.34. The molecule has 2 rings (SSSR count). The van der Waals surface area contributed by atoms with Crippen molar-refractivity contribution in [1.82, 2.24) is 9.80 Å². The zero-order valence-electron chi connectivity index (χ0n) is 11.6. The third-order valence-electron chi connectivity index (χ3n) is 3.61. The monoisotopic (exact) mass is 296 g/mol. The van der Waals surface area contributed by atoms with Crippen LogP contribution in [0.5, 0.6) is 5.75 Å². The largest absolute Gasteiger partial charge is 0.508 e. The molecule has 0 aliphatic carbocycles. The van der Waals surface area contributed by atoms with Crippen molar-refractivity contribution in [3.8, 4) is 5.75 Å². The molecule has 4 nitrogen and oxygen atoms in total. The van der Waals surface area contributed by atoms with Gasteiger partial charge in [0, 0.05) is 32.1 Å². The lowest BCUT2D eigenvalue weighted by Gasteiger charge is -2.21. The predicted octanol–water partition coefficient (Wildman–Crippen LogP) is 1.71. The quantitative estimate of drug-likeness (QED) is 0.860.